The van der Waals surface area contributed by atoms with Crippen molar-refractivity contribution in [3.8, 4) is 11.5 Å². The van der Waals surface area contributed by atoms with Crippen molar-refractivity contribution in [2.75, 3.05) is 13.7 Å². The van der Waals surface area contributed by atoms with Gasteiger partial charge in [0.15, 0.2) is 0 Å². The van der Waals surface area contributed by atoms with E-state index in [1.54, 1.807) is 19.2 Å². The number of rotatable bonds is 2. The number of ether oxygens (including phenoxy) is 1. The molecule has 0 aliphatic carbocycles. The number of piperidine rings is 1. The summed E-state index contributed by atoms with van der Waals surface area (Å²) in [6, 6.07) is 5.70. The first-order valence-corrected chi connectivity index (χ1v) is 5.41. The maximum Gasteiger partial charge on any atom is 0.127 e. The average molecular weight is 207 g/mol. The number of aromatic hydroxyl groups is 1. The molecular weight excluding hydrogens is 190 g/mol. The first-order chi connectivity index (χ1) is 7.31. The summed E-state index contributed by atoms with van der Waals surface area (Å²) >= 11 is 0. The summed E-state index contributed by atoms with van der Waals surface area (Å²) in [4.78, 5) is 0. The summed E-state index contributed by atoms with van der Waals surface area (Å²) < 4.78 is 5.28. The molecule has 1 aliphatic rings. The summed E-state index contributed by atoms with van der Waals surface area (Å²) in [5.74, 6) is 1.03. The van der Waals surface area contributed by atoms with E-state index in [1.807, 2.05) is 6.07 Å². The Balaban J connectivity index is 2.25. The highest BCUT2D eigenvalue weighted by Crippen LogP contribution is 2.32. The van der Waals surface area contributed by atoms with Crippen LogP contribution in [0.15, 0.2) is 18.2 Å². The van der Waals surface area contributed by atoms with Gasteiger partial charge in [-0.3, -0.25) is 0 Å². The van der Waals surface area contributed by atoms with Gasteiger partial charge in [-0.1, -0.05) is 12.5 Å². The zero-order chi connectivity index (χ0) is 10.7. The summed E-state index contributed by atoms with van der Waals surface area (Å²) in [6.07, 6.45) is 3.64. The van der Waals surface area contributed by atoms with E-state index in [9.17, 15) is 5.11 Å². The van der Waals surface area contributed by atoms with Crippen molar-refractivity contribution in [2.45, 2.75) is 25.3 Å². The second-order valence-corrected chi connectivity index (χ2v) is 3.93. The molecule has 1 aromatic rings. The molecule has 0 unspecified atom stereocenters. The number of phenols is 1. The van der Waals surface area contributed by atoms with Gasteiger partial charge in [-0.15, -0.1) is 0 Å². The zero-order valence-electron chi connectivity index (χ0n) is 8.99. The van der Waals surface area contributed by atoms with Gasteiger partial charge in [0.2, 0.25) is 0 Å². The van der Waals surface area contributed by atoms with Crippen molar-refractivity contribution in [1.82, 2.24) is 5.32 Å². The van der Waals surface area contributed by atoms with E-state index < -0.39 is 0 Å². The van der Waals surface area contributed by atoms with Gasteiger partial charge in [0.25, 0.3) is 0 Å². The Morgan fingerprint density at radius 3 is 2.93 bits per heavy atom. The molecule has 0 aromatic heterocycles. The highest BCUT2D eigenvalue weighted by atomic mass is 16.5. The van der Waals surface area contributed by atoms with Gasteiger partial charge >= 0.3 is 0 Å². The minimum absolute atomic E-state index is 0.256. The van der Waals surface area contributed by atoms with Gasteiger partial charge in [0, 0.05) is 17.7 Å². The Bertz CT molecular complexity index is 332. The van der Waals surface area contributed by atoms with Crippen LogP contribution in [-0.4, -0.2) is 18.8 Å². The van der Waals surface area contributed by atoms with E-state index in [0.717, 1.165) is 24.3 Å². The topological polar surface area (TPSA) is 41.5 Å². The largest absolute Gasteiger partial charge is 0.508 e. The molecule has 15 heavy (non-hydrogen) atoms. The fourth-order valence-electron chi connectivity index (χ4n) is 2.10. The van der Waals surface area contributed by atoms with Crippen LogP contribution in [0.1, 0.15) is 30.9 Å². The van der Waals surface area contributed by atoms with Crippen LogP contribution < -0.4 is 10.1 Å². The van der Waals surface area contributed by atoms with Crippen LogP contribution in [0.4, 0.5) is 0 Å². The predicted octanol–water partition coefficient (Wildman–Crippen LogP) is 2.22. The van der Waals surface area contributed by atoms with Crippen LogP contribution in [0.3, 0.4) is 0 Å². The number of methoxy groups -OCH3 is 1. The predicted molar refractivity (Wildman–Crippen MR) is 59.3 cm³/mol. The fraction of sp³-hybridized carbons (Fsp3) is 0.500. The third-order valence-electron chi connectivity index (χ3n) is 2.90. The van der Waals surface area contributed by atoms with Gasteiger partial charge in [0.1, 0.15) is 11.5 Å². The van der Waals surface area contributed by atoms with E-state index in [2.05, 4.69) is 5.32 Å². The van der Waals surface area contributed by atoms with Gasteiger partial charge in [-0.25, -0.2) is 0 Å². The molecule has 1 atom stereocenters. The van der Waals surface area contributed by atoms with Crippen molar-refractivity contribution in [3.05, 3.63) is 23.8 Å². The van der Waals surface area contributed by atoms with Crippen LogP contribution in [0.5, 0.6) is 11.5 Å². The standard InChI is InChI=1S/C12H17NO2/c1-15-12-8-9(14)5-6-10(12)11-4-2-3-7-13-11/h5-6,8,11,13-14H,2-4,7H2,1H3/t11-/m0/s1. The summed E-state index contributed by atoms with van der Waals surface area (Å²) in [6.45, 7) is 1.06. The third kappa shape index (κ3) is 2.23. The lowest BCUT2D eigenvalue weighted by Crippen LogP contribution is -2.27. The SMILES string of the molecule is COc1cc(O)ccc1[C@@H]1CCCCN1. The summed E-state index contributed by atoms with van der Waals surface area (Å²) in [7, 11) is 1.64. The van der Waals surface area contributed by atoms with E-state index >= 15 is 0 Å². The van der Waals surface area contributed by atoms with Crippen LogP contribution in [0.2, 0.25) is 0 Å². The van der Waals surface area contributed by atoms with Crippen molar-refractivity contribution in [1.29, 1.82) is 0 Å². The smallest absolute Gasteiger partial charge is 0.127 e. The Kier molecular flexibility index (Phi) is 3.11. The molecule has 1 fully saturated rings. The minimum atomic E-state index is 0.256. The fourth-order valence-corrected chi connectivity index (χ4v) is 2.10. The quantitative estimate of drug-likeness (QED) is 0.781. The maximum atomic E-state index is 9.37. The molecule has 0 radical (unpaired) electrons. The molecule has 1 aromatic carbocycles. The first-order valence-electron chi connectivity index (χ1n) is 5.41. The lowest BCUT2D eigenvalue weighted by atomic mass is 9.97. The van der Waals surface area contributed by atoms with Crippen LogP contribution in [0, 0.1) is 0 Å². The lowest BCUT2D eigenvalue weighted by molar-refractivity contribution is 0.370. The van der Waals surface area contributed by atoms with Crippen LogP contribution >= 0.6 is 0 Å². The summed E-state index contributed by atoms with van der Waals surface area (Å²) in [5.41, 5.74) is 1.15. The van der Waals surface area contributed by atoms with E-state index in [1.165, 1.54) is 12.8 Å². The number of benzene rings is 1. The second-order valence-electron chi connectivity index (χ2n) is 3.93. The van der Waals surface area contributed by atoms with Crippen LogP contribution in [0.25, 0.3) is 0 Å². The molecule has 2 rings (SSSR count). The van der Waals surface area contributed by atoms with Gasteiger partial charge in [-0.2, -0.15) is 0 Å². The Labute approximate surface area is 90.1 Å². The molecule has 3 heteroatoms. The van der Waals surface area contributed by atoms with Crippen molar-refractivity contribution in [3.63, 3.8) is 0 Å². The monoisotopic (exact) mass is 207 g/mol. The maximum absolute atomic E-state index is 9.37. The first kappa shape index (κ1) is 10.3. The molecule has 1 aliphatic heterocycles. The molecule has 0 bridgehead atoms. The minimum Gasteiger partial charge on any atom is -0.508 e. The number of hydrogen-bond donors (Lipinski definition) is 2. The Morgan fingerprint density at radius 2 is 2.27 bits per heavy atom. The highest BCUT2D eigenvalue weighted by Gasteiger charge is 2.18. The van der Waals surface area contributed by atoms with E-state index in [4.69, 9.17) is 4.74 Å². The van der Waals surface area contributed by atoms with E-state index in [0.29, 0.717) is 6.04 Å². The zero-order valence-corrected chi connectivity index (χ0v) is 8.99. The number of hydrogen-bond acceptors (Lipinski definition) is 3. The van der Waals surface area contributed by atoms with Crippen molar-refractivity contribution < 1.29 is 9.84 Å². The van der Waals surface area contributed by atoms with Gasteiger partial charge in [-0.05, 0) is 25.5 Å². The molecule has 0 saturated carbocycles. The molecule has 82 valence electrons. The molecule has 0 spiro atoms. The Hall–Kier alpha value is -1.22. The molecule has 1 heterocycles. The molecule has 2 N–H and O–H groups in total. The highest BCUT2D eigenvalue weighted by molar-refractivity contribution is 5.42. The molecule has 0 amide bonds. The Morgan fingerprint density at radius 1 is 1.40 bits per heavy atom. The van der Waals surface area contributed by atoms with Crippen molar-refractivity contribution >= 4 is 0 Å². The van der Waals surface area contributed by atoms with Gasteiger partial charge < -0.3 is 15.2 Å². The molecule has 3 nitrogen and oxygen atoms in total. The van der Waals surface area contributed by atoms with Gasteiger partial charge in [0.05, 0.1) is 7.11 Å². The van der Waals surface area contributed by atoms with E-state index in [-0.39, 0.29) is 5.75 Å². The average Bonchev–Trinajstić information content (AvgIpc) is 2.30. The lowest BCUT2D eigenvalue weighted by Gasteiger charge is -2.25. The molecular formula is C12H17NO2. The number of nitrogens with one attached hydrogen (secondary N) is 1. The second kappa shape index (κ2) is 4.53. The third-order valence-corrected chi connectivity index (χ3v) is 2.90. The number of phenolic OH excluding ortho intramolecular Hbond substituents is 1. The van der Waals surface area contributed by atoms with Crippen LogP contribution in [-0.2, 0) is 0 Å². The molecule has 1 saturated heterocycles. The summed E-state index contributed by atoms with van der Waals surface area (Å²) in [5, 5.41) is 12.8. The normalized spacial score (nSPS) is 21.3. The van der Waals surface area contributed by atoms with Crippen molar-refractivity contribution in [2.24, 2.45) is 0 Å².